The number of amides is 3. The lowest BCUT2D eigenvalue weighted by Gasteiger charge is -2.27. The lowest BCUT2D eigenvalue weighted by atomic mass is 9.97. The number of carboxylic acids is 1. The van der Waals surface area contributed by atoms with Crippen LogP contribution in [0.25, 0.3) is 0 Å². The van der Waals surface area contributed by atoms with Crippen LogP contribution in [-0.2, 0) is 19.2 Å². The normalized spacial score (nSPS) is 14.9. The summed E-state index contributed by atoms with van der Waals surface area (Å²) < 4.78 is 0. The molecule has 0 heterocycles. The number of aliphatic carboxylic acids is 1. The molecule has 3 amide bonds. The van der Waals surface area contributed by atoms with Gasteiger partial charge < -0.3 is 26.8 Å². The highest BCUT2D eigenvalue weighted by molar-refractivity contribution is 7.98. The highest BCUT2D eigenvalue weighted by atomic mass is 32.2. The maximum Gasteiger partial charge on any atom is 0.326 e. The summed E-state index contributed by atoms with van der Waals surface area (Å²) in [5.41, 5.74) is 5.33. The van der Waals surface area contributed by atoms with Crippen LogP contribution in [0.15, 0.2) is 0 Å². The molecular formula is C18H34N4O5S2. The van der Waals surface area contributed by atoms with Crippen LogP contribution in [0.3, 0.4) is 0 Å². The van der Waals surface area contributed by atoms with Crippen LogP contribution < -0.4 is 21.7 Å². The van der Waals surface area contributed by atoms with Crippen LogP contribution in [0.2, 0.25) is 0 Å². The number of nitrogens with two attached hydrogens (primary N) is 1. The summed E-state index contributed by atoms with van der Waals surface area (Å²) in [7, 11) is 0. The molecule has 0 rings (SSSR count). The molecule has 0 saturated heterocycles. The van der Waals surface area contributed by atoms with Gasteiger partial charge in [0.25, 0.3) is 0 Å². The second-order valence-electron chi connectivity index (χ2n) is 6.66. The number of nitrogens with one attached hydrogen (secondary N) is 3. The summed E-state index contributed by atoms with van der Waals surface area (Å²) in [6.07, 6.45) is 4.99. The van der Waals surface area contributed by atoms with Crippen LogP contribution in [0, 0.1) is 5.92 Å². The fourth-order valence-electron chi connectivity index (χ4n) is 2.47. The van der Waals surface area contributed by atoms with Gasteiger partial charge in [0.1, 0.15) is 18.1 Å². The Morgan fingerprint density at radius 2 is 1.45 bits per heavy atom. The SMILES string of the molecule is CCC(C)C(NC(=O)CN)C(=O)NC(CCSC)C(=O)NC(CCSC)C(=O)O. The van der Waals surface area contributed by atoms with E-state index in [1.165, 1.54) is 23.5 Å². The van der Waals surface area contributed by atoms with E-state index in [9.17, 15) is 24.3 Å². The summed E-state index contributed by atoms with van der Waals surface area (Å²) in [6.45, 7) is 3.47. The first-order valence-corrected chi connectivity index (χ1v) is 12.3. The molecule has 29 heavy (non-hydrogen) atoms. The summed E-state index contributed by atoms with van der Waals surface area (Å²) in [5.74, 6) is -1.59. The highest BCUT2D eigenvalue weighted by Gasteiger charge is 2.31. The molecule has 0 aliphatic heterocycles. The standard InChI is InChI=1S/C18H34N4O5S2/c1-5-11(2)15(22-14(23)10-19)17(25)20-12(6-8-28-3)16(24)21-13(18(26)27)7-9-29-4/h11-13,15H,5-10,19H2,1-4H3,(H,20,25)(H,21,24)(H,22,23)(H,26,27). The summed E-state index contributed by atoms with van der Waals surface area (Å²) in [4.78, 5) is 48.6. The van der Waals surface area contributed by atoms with Crippen LogP contribution in [0.5, 0.6) is 0 Å². The Morgan fingerprint density at radius 3 is 1.90 bits per heavy atom. The molecule has 0 aromatic carbocycles. The Bertz CT molecular complexity index is 550. The monoisotopic (exact) mass is 450 g/mol. The van der Waals surface area contributed by atoms with E-state index in [1.54, 1.807) is 0 Å². The van der Waals surface area contributed by atoms with E-state index in [0.717, 1.165) is 0 Å². The van der Waals surface area contributed by atoms with Gasteiger partial charge in [-0.05, 0) is 42.8 Å². The molecular weight excluding hydrogens is 416 g/mol. The van der Waals surface area contributed by atoms with Crippen molar-refractivity contribution in [3.63, 3.8) is 0 Å². The van der Waals surface area contributed by atoms with E-state index in [1.807, 2.05) is 26.4 Å². The smallest absolute Gasteiger partial charge is 0.326 e. The Morgan fingerprint density at radius 1 is 0.931 bits per heavy atom. The molecule has 0 aromatic heterocycles. The number of carbonyl (C=O) groups is 4. The van der Waals surface area contributed by atoms with Gasteiger partial charge in [-0.2, -0.15) is 23.5 Å². The van der Waals surface area contributed by atoms with E-state index < -0.39 is 41.8 Å². The summed E-state index contributed by atoms with van der Waals surface area (Å²) in [5, 5.41) is 17.1. The van der Waals surface area contributed by atoms with Crippen molar-refractivity contribution in [2.45, 2.75) is 51.2 Å². The van der Waals surface area contributed by atoms with Crippen molar-refractivity contribution in [2.24, 2.45) is 11.7 Å². The molecule has 0 aromatic rings. The molecule has 0 radical (unpaired) electrons. The number of hydrogen-bond donors (Lipinski definition) is 5. The number of rotatable bonds is 15. The molecule has 4 atom stereocenters. The minimum Gasteiger partial charge on any atom is -0.480 e. The molecule has 168 valence electrons. The third kappa shape index (κ3) is 10.8. The molecule has 4 unspecified atom stereocenters. The number of carboxylic acid groups (broad SMARTS) is 1. The lowest BCUT2D eigenvalue weighted by molar-refractivity contribution is -0.142. The average Bonchev–Trinajstić information content (AvgIpc) is 2.70. The van der Waals surface area contributed by atoms with Crippen molar-refractivity contribution < 1.29 is 24.3 Å². The van der Waals surface area contributed by atoms with Crippen molar-refractivity contribution in [1.29, 1.82) is 0 Å². The third-order valence-corrected chi connectivity index (χ3v) is 5.75. The molecule has 0 bridgehead atoms. The minimum atomic E-state index is -1.12. The fraction of sp³-hybridized carbons (Fsp3) is 0.778. The molecule has 0 aliphatic rings. The van der Waals surface area contributed by atoms with Crippen LogP contribution in [0.1, 0.15) is 33.1 Å². The molecule has 0 aliphatic carbocycles. The first kappa shape index (κ1) is 27.5. The topological polar surface area (TPSA) is 151 Å². The van der Waals surface area contributed by atoms with Crippen molar-refractivity contribution >= 4 is 47.2 Å². The number of carbonyl (C=O) groups excluding carboxylic acids is 3. The first-order chi connectivity index (χ1) is 13.7. The average molecular weight is 451 g/mol. The van der Waals surface area contributed by atoms with Crippen molar-refractivity contribution in [2.75, 3.05) is 30.6 Å². The van der Waals surface area contributed by atoms with E-state index in [0.29, 0.717) is 24.3 Å². The van der Waals surface area contributed by atoms with Gasteiger partial charge in [-0.25, -0.2) is 4.79 Å². The maximum atomic E-state index is 12.8. The van der Waals surface area contributed by atoms with E-state index in [4.69, 9.17) is 5.73 Å². The van der Waals surface area contributed by atoms with Crippen molar-refractivity contribution in [1.82, 2.24) is 16.0 Å². The van der Waals surface area contributed by atoms with Gasteiger partial charge in [-0.15, -0.1) is 0 Å². The van der Waals surface area contributed by atoms with Gasteiger partial charge in [-0.3, -0.25) is 14.4 Å². The third-order valence-electron chi connectivity index (χ3n) is 4.47. The zero-order valence-corrected chi connectivity index (χ0v) is 19.2. The molecule has 6 N–H and O–H groups in total. The largest absolute Gasteiger partial charge is 0.480 e. The number of thioether (sulfide) groups is 2. The van der Waals surface area contributed by atoms with Crippen LogP contribution >= 0.6 is 23.5 Å². The molecule has 11 heteroatoms. The quantitative estimate of drug-likeness (QED) is 0.235. The Labute approximate surface area is 181 Å². The van der Waals surface area contributed by atoms with E-state index in [2.05, 4.69) is 16.0 Å². The minimum absolute atomic E-state index is 0.164. The van der Waals surface area contributed by atoms with Crippen LogP contribution in [0.4, 0.5) is 0 Å². The van der Waals surface area contributed by atoms with Gasteiger partial charge in [0.05, 0.1) is 6.54 Å². The maximum absolute atomic E-state index is 12.8. The van der Waals surface area contributed by atoms with Gasteiger partial charge in [-0.1, -0.05) is 20.3 Å². The zero-order chi connectivity index (χ0) is 22.4. The van der Waals surface area contributed by atoms with Crippen LogP contribution in [-0.4, -0.2) is 77.5 Å². The Hall–Kier alpha value is -1.46. The lowest BCUT2D eigenvalue weighted by Crippen LogP contribution is -2.57. The van der Waals surface area contributed by atoms with E-state index in [-0.39, 0.29) is 18.9 Å². The molecule has 0 saturated carbocycles. The predicted molar refractivity (Wildman–Crippen MR) is 118 cm³/mol. The molecule has 0 fully saturated rings. The van der Waals surface area contributed by atoms with Crippen molar-refractivity contribution in [3.8, 4) is 0 Å². The molecule has 9 nitrogen and oxygen atoms in total. The van der Waals surface area contributed by atoms with Gasteiger partial charge >= 0.3 is 5.97 Å². The Kier molecular flexibility index (Phi) is 14.6. The number of hydrogen-bond acceptors (Lipinski definition) is 7. The Balaban J connectivity index is 5.30. The van der Waals surface area contributed by atoms with Gasteiger partial charge in [0.2, 0.25) is 17.7 Å². The van der Waals surface area contributed by atoms with Gasteiger partial charge in [0.15, 0.2) is 0 Å². The summed E-state index contributed by atoms with van der Waals surface area (Å²) >= 11 is 3.00. The first-order valence-electron chi connectivity index (χ1n) is 9.52. The van der Waals surface area contributed by atoms with Gasteiger partial charge in [0, 0.05) is 0 Å². The second-order valence-corrected chi connectivity index (χ2v) is 8.63. The second kappa shape index (κ2) is 15.4. The highest BCUT2D eigenvalue weighted by Crippen LogP contribution is 2.10. The molecule has 0 spiro atoms. The zero-order valence-electron chi connectivity index (χ0n) is 17.5. The predicted octanol–water partition coefficient (Wildman–Crippen LogP) is 0.0364. The summed E-state index contributed by atoms with van der Waals surface area (Å²) in [6, 6.07) is -2.74. The van der Waals surface area contributed by atoms with Crippen molar-refractivity contribution in [3.05, 3.63) is 0 Å². The van der Waals surface area contributed by atoms with E-state index >= 15 is 0 Å². The fourth-order valence-corrected chi connectivity index (χ4v) is 3.41.